The predicted octanol–water partition coefficient (Wildman–Crippen LogP) is 0.619. The molecule has 23 heavy (non-hydrogen) atoms. The van der Waals surface area contributed by atoms with Crippen LogP contribution < -0.4 is 0 Å². The first-order valence-electron chi connectivity index (χ1n) is 6.51. The van der Waals surface area contributed by atoms with E-state index < -0.39 is 43.5 Å². The van der Waals surface area contributed by atoms with Crippen molar-refractivity contribution < 1.29 is 21.9 Å². The minimum absolute atomic E-state index is 0.0611. The fourth-order valence-electron chi connectivity index (χ4n) is 2.46. The fourth-order valence-corrected chi connectivity index (χ4v) is 6.40. The van der Waals surface area contributed by atoms with Crippen molar-refractivity contribution in [3.63, 3.8) is 0 Å². The van der Waals surface area contributed by atoms with Crippen LogP contribution in [0.4, 0.5) is 0 Å². The molecule has 0 unspecified atom stereocenters. The second-order valence-corrected chi connectivity index (χ2v) is 10.2. The van der Waals surface area contributed by atoms with Gasteiger partial charge in [0, 0.05) is 14.1 Å². The van der Waals surface area contributed by atoms with Crippen molar-refractivity contribution in [2.75, 3.05) is 25.6 Å². The molecule has 1 fully saturated rings. The van der Waals surface area contributed by atoms with Crippen LogP contribution in [0.1, 0.15) is 0 Å². The van der Waals surface area contributed by atoms with Crippen LogP contribution in [0, 0.1) is 0 Å². The Morgan fingerprint density at radius 3 is 2.22 bits per heavy atom. The summed E-state index contributed by atoms with van der Waals surface area (Å²) in [6.45, 7) is 0. The lowest BCUT2D eigenvalue weighted by molar-refractivity contribution is 0.0272. The lowest BCUT2D eigenvalue weighted by Gasteiger charge is -2.34. The molecule has 0 aliphatic carbocycles. The molecule has 11 heteroatoms. The topological polar surface area (TPSA) is 95.0 Å². The Balaban J connectivity index is 2.50. The van der Waals surface area contributed by atoms with E-state index in [9.17, 15) is 21.9 Å². The summed E-state index contributed by atoms with van der Waals surface area (Å²) in [5.41, 5.74) is 0. The third-order valence-corrected chi connectivity index (χ3v) is 7.78. The third kappa shape index (κ3) is 3.81. The van der Waals surface area contributed by atoms with Gasteiger partial charge >= 0.3 is 0 Å². The van der Waals surface area contributed by atoms with Gasteiger partial charge in [-0.3, -0.25) is 0 Å². The molecule has 0 aromatic heterocycles. The molecule has 1 heterocycles. The second kappa shape index (κ2) is 6.47. The van der Waals surface area contributed by atoms with Crippen molar-refractivity contribution in [3.05, 3.63) is 28.2 Å². The van der Waals surface area contributed by atoms with Crippen LogP contribution in [0.25, 0.3) is 0 Å². The quantitative estimate of drug-likeness (QED) is 0.741. The number of hydrogen-bond donors (Lipinski definition) is 1. The highest BCUT2D eigenvalue weighted by atomic mass is 35.5. The number of hydrazine groups is 1. The Morgan fingerprint density at radius 2 is 1.78 bits per heavy atom. The number of halogens is 2. The average molecular weight is 403 g/mol. The van der Waals surface area contributed by atoms with Crippen LogP contribution in [0.2, 0.25) is 10.0 Å². The van der Waals surface area contributed by atoms with Gasteiger partial charge in [0.1, 0.15) is 0 Å². The van der Waals surface area contributed by atoms with Gasteiger partial charge in [-0.15, -0.1) is 4.41 Å². The highest BCUT2D eigenvalue weighted by Gasteiger charge is 2.46. The van der Waals surface area contributed by atoms with Crippen LogP contribution in [0.3, 0.4) is 0 Å². The minimum atomic E-state index is -4.11. The first kappa shape index (κ1) is 18.9. The molecule has 130 valence electrons. The van der Waals surface area contributed by atoms with Crippen molar-refractivity contribution in [1.29, 1.82) is 0 Å². The number of nitrogens with zero attached hydrogens (tertiary/aromatic N) is 2. The number of aliphatic hydroxyl groups excluding tert-OH is 1. The number of rotatable bonds is 4. The minimum Gasteiger partial charge on any atom is -0.390 e. The zero-order chi connectivity index (χ0) is 17.6. The van der Waals surface area contributed by atoms with Crippen molar-refractivity contribution in [1.82, 2.24) is 9.42 Å². The molecule has 7 nitrogen and oxygen atoms in total. The Labute approximate surface area is 145 Å². The number of sulfone groups is 1. The van der Waals surface area contributed by atoms with Gasteiger partial charge in [-0.2, -0.15) is 0 Å². The van der Waals surface area contributed by atoms with E-state index in [0.717, 1.165) is 4.41 Å². The number of aliphatic hydroxyl groups is 1. The zero-order valence-corrected chi connectivity index (χ0v) is 15.5. The molecular formula is C12H16Cl2N2O5S2. The normalized spacial score (nSPS) is 24.5. The Bertz CT molecular complexity index is 811. The summed E-state index contributed by atoms with van der Waals surface area (Å²) in [4.78, 5) is -0.142. The van der Waals surface area contributed by atoms with Crippen molar-refractivity contribution in [2.45, 2.75) is 17.0 Å². The first-order chi connectivity index (χ1) is 10.5. The molecule has 1 aliphatic heterocycles. The Kier molecular flexibility index (Phi) is 5.32. The van der Waals surface area contributed by atoms with Crippen molar-refractivity contribution in [3.8, 4) is 0 Å². The van der Waals surface area contributed by atoms with E-state index in [2.05, 4.69) is 0 Å². The summed E-state index contributed by atoms with van der Waals surface area (Å²) in [5, 5.41) is 11.5. The maximum atomic E-state index is 12.9. The van der Waals surface area contributed by atoms with E-state index in [1.54, 1.807) is 0 Å². The standard InChI is InChI=1S/C12H16Cl2N2O5S2/c1-15(2)16(11-6-22(18,19)7-12(11)17)23(20,21)8-3-4-9(13)10(14)5-8/h3-5,11-12,17H,6-7H2,1-2H3/t11-,12-/m0/s1. The summed E-state index contributed by atoms with van der Waals surface area (Å²) < 4.78 is 50.0. The highest BCUT2D eigenvalue weighted by Crippen LogP contribution is 2.30. The largest absolute Gasteiger partial charge is 0.390 e. The third-order valence-electron chi connectivity index (χ3n) is 3.41. The number of benzene rings is 1. The number of sulfonamides is 1. The van der Waals surface area contributed by atoms with Crippen LogP contribution in [0.15, 0.2) is 23.1 Å². The molecule has 0 radical (unpaired) electrons. The molecule has 0 bridgehead atoms. The predicted molar refractivity (Wildman–Crippen MR) is 87.6 cm³/mol. The van der Waals surface area contributed by atoms with E-state index in [1.165, 1.54) is 37.3 Å². The molecule has 0 spiro atoms. The average Bonchev–Trinajstić information content (AvgIpc) is 2.65. The molecule has 1 saturated heterocycles. The van der Waals surface area contributed by atoms with Gasteiger partial charge in [-0.1, -0.05) is 23.2 Å². The lowest BCUT2D eigenvalue weighted by atomic mass is 10.2. The lowest BCUT2D eigenvalue weighted by Crippen LogP contribution is -2.53. The molecule has 2 rings (SSSR count). The van der Waals surface area contributed by atoms with Gasteiger partial charge in [0.25, 0.3) is 10.0 Å². The van der Waals surface area contributed by atoms with E-state index >= 15 is 0 Å². The van der Waals surface area contributed by atoms with Gasteiger partial charge in [0.2, 0.25) is 0 Å². The van der Waals surface area contributed by atoms with Crippen LogP contribution in [0.5, 0.6) is 0 Å². The summed E-state index contributed by atoms with van der Waals surface area (Å²) in [6, 6.07) is 2.70. The summed E-state index contributed by atoms with van der Waals surface area (Å²) in [5.74, 6) is -0.925. The fraction of sp³-hybridized carbons (Fsp3) is 0.500. The highest BCUT2D eigenvalue weighted by molar-refractivity contribution is 7.92. The molecule has 1 aliphatic rings. The molecule has 2 atom stereocenters. The number of hydrogen-bond acceptors (Lipinski definition) is 6. The van der Waals surface area contributed by atoms with Crippen molar-refractivity contribution >= 4 is 43.1 Å². The van der Waals surface area contributed by atoms with Gasteiger partial charge in [-0.05, 0) is 18.2 Å². The van der Waals surface area contributed by atoms with Gasteiger partial charge in [0.15, 0.2) is 9.84 Å². The van der Waals surface area contributed by atoms with E-state index in [-0.39, 0.29) is 14.9 Å². The van der Waals surface area contributed by atoms with Gasteiger partial charge < -0.3 is 5.11 Å². The van der Waals surface area contributed by atoms with Crippen LogP contribution in [-0.2, 0) is 19.9 Å². The maximum Gasteiger partial charge on any atom is 0.256 e. The maximum absolute atomic E-state index is 12.9. The molecular weight excluding hydrogens is 387 g/mol. The SMILES string of the molecule is CN(C)N([C@H]1CS(=O)(=O)C[C@@H]1O)S(=O)(=O)c1ccc(Cl)c(Cl)c1. The van der Waals surface area contributed by atoms with E-state index in [1.807, 2.05) is 0 Å². The second-order valence-electron chi connectivity index (χ2n) is 5.41. The van der Waals surface area contributed by atoms with Crippen LogP contribution in [-0.4, -0.2) is 69.1 Å². The van der Waals surface area contributed by atoms with Gasteiger partial charge in [-0.25, -0.2) is 21.8 Å². The zero-order valence-electron chi connectivity index (χ0n) is 12.3. The monoisotopic (exact) mass is 402 g/mol. The molecule has 1 aromatic rings. The molecule has 0 amide bonds. The van der Waals surface area contributed by atoms with E-state index in [4.69, 9.17) is 23.2 Å². The van der Waals surface area contributed by atoms with Gasteiger partial charge in [0.05, 0.1) is 38.6 Å². The summed E-state index contributed by atoms with van der Waals surface area (Å²) >= 11 is 11.7. The van der Waals surface area contributed by atoms with Crippen LogP contribution >= 0.6 is 23.2 Å². The van der Waals surface area contributed by atoms with Crippen molar-refractivity contribution in [2.24, 2.45) is 0 Å². The Morgan fingerprint density at radius 1 is 1.17 bits per heavy atom. The summed E-state index contributed by atoms with van der Waals surface area (Å²) in [6.07, 6.45) is -1.31. The Hall–Kier alpha value is -0.420. The smallest absolute Gasteiger partial charge is 0.256 e. The molecule has 1 N–H and O–H groups in total. The molecule has 0 saturated carbocycles. The summed E-state index contributed by atoms with van der Waals surface area (Å²) in [7, 11) is -4.72. The molecule has 1 aromatic carbocycles. The van der Waals surface area contributed by atoms with E-state index in [0.29, 0.717) is 0 Å². The first-order valence-corrected chi connectivity index (χ1v) is 10.5.